The number of rotatable bonds is 9. The minimum atomic E-state index is 0.291. The molecule has 0 aromatic heterocycles. The summed E-state index contributed by atoms with van der Waals surface area (Å²) in [6.45, 7) is 7.30. The van der Waals surface area contributed by atoms with Gasteiger partial charge in [-0.25, -0.2) is 0 Å². The zero-order valence-electron chi connectivity index (χ0n) is 14.6. The van der Waals surface area contributed by atoms with Crippen molar-refractivity contribution in [3.05, 3.63) is 36.4 Å². The molecule has 5 heteroatoms. The maximum atomic E-state index is 11.9. The molecule has 24 heavy (non-hydrogen) atoms. The SMILES string of the molecule is C=CCOc1ccc(CNCCN2CCCCCC2=O)cc1OC. The average Bonchev–Trinajstić information content (AvgIpc) is 2.81. The Morgan fingerprint density at radius 3 is 2.96 bits per heavy atom. The van der Waals surface area contributed by atoms with Crippen molar-refractivity contribution < 1.29 is 14.3 Å². The zero-order valence-corrected chi connectivity index (χ0v) is 14.6. The van der Waals surface area contributed by atoms with Crippen molar-refractivity contribution in [1.82, 2.24) is 10.2 Å². The van der Waals surface area contributed by atoms with Crippen LogP contribution in [0.4, 0.5) is 0 Å². The van der Waals surface area contributed by atoms with Crippen LogP contribution in [0, 0.1) is 0 Å². The summed E-state index contributed by atoms with van der Waals surface area (Å²) in [6.07, 6.45) is 5.72. The van der Waals surface area contributed by atoms with Crippen molar-refractivity contribution >= 4 is 5.91 Å². The molecule has 132 valence electrons. The molecule has 1 aliphatic rings. The predicted molar refractivity (Wildman–Crippen MR) is 95.4 cm³/mol. The number of hydrogen-bond donors (Lipinski definition) is 1. The fourth-order valence-corrected chi connectivity index (χ4v) is 2.81. The fraction of sp³-hybridized carbons (Fsp3) is 0.526. The summed E-state index contributed by atoms with van der Waals surface area (Å²) >= 11 is 0. The summed E-state index contributed by atoms with van der Waals surface area (Å²) in [5.74, 6) is 1.73. The normalized spacial score (nSPS) is 15.0. The topological polar surface area (TPSA) is 50.8 Å². The van der Waals surface area contributed by atoms with Crippen LogP contribution >= 0.6 is 0 Å². The van der Waals surface area contributed by atoms with Gasteiger partial charge in [-0.1, -0.05) is 25.1 Å². The lowest BCUT2D eigenvalue weighted by atomic mass is 10.2. The van der Waals surface area contributed by atoms with Crippen LogP contribution < -0.4 is 14.8 Å². The fourth-order valence-electron chi connectivity index (χ4n) is 2.81. The second kappa shape index (κ2) is 9.98. The van der Waals surface area contributed by atoms with Crippen LogP contribution in [0.1, 0.15) is 31.2 Å². The smallest absolute Gasteiger partial charge is 0.222 e. The van der Waals surface area contributed by atoms with Crippen LogP contribution in [-0.4, -0.2) is 44.2 Å². The molecular weight excluding hydrogens is 304 g/mol. The zero-order chi connectivity index (χ0) is 17.2. The van der Waals surface area contributed by atoms with E-state index in [2.05, 4.69) is 11.9 Å². The molecule has 1 amide bonds. The van der Waals surface area contributed by atoms with Crippen LogP contribution in [0.5, 0.6) is 11.5 Å². The largest absolute Gasteiger partial charge is 0.493 e. The third-order valence-corrected chi connectivity index (χ3v) is 4.14. The molecule has 1 N–H and O–H groups in total. The molecule has 0 radical (unpaired) electrons. The second-order valence-electron chi connectivity index (χ2n) is 5.95. The van der Waals surface area contributed by atoms with Gasteiger partial charge in [0.2, 0.25) is 5.91 Å². The number of carbonyl (C=O) groups excluding carboxylic acids is 1. The number of methoxy groups -OCH3 is 1. The molecule has 1 aromatic carbocycles. The van der Waals surface area contributed by atoms with Crippen LogP contribution in [-0.2, 0) is 11.3 Å². The van der Waals surface area contributed by atoms with Gasteiger partial charge in [-0.2, -0.15) is 0 Å². The molecule has 0 atom stereocenters. The highest BCUT2D eigenvalue weighted by Gasteiger charge is 2.15. The van der Waals surface area contributed by atoms with E-state index in [9.17, 15) is 4.79 Å². The molecule has 0 unspecified atom stereocenters. The van der Waals surface area contributed by atoms with Gasteiger partial charge in [-0.05, 0) is 30.5 Å². The lowest BCUT2D eigenvalue weighted by Gasteiger charge is -2.20. The van der Waals surface area contributed by atoms with E-state index in [4.69, 9.17) is 9.47 Å². The number of nitrogens with one attached hydrogen (secondary N) is 1. The first kappa shape index (κ1) is 18.3. The van der Waals surface area contributed by atoms with Crippen molar-refractivity contribution in [3.63, 3.8) is 0 Å². The Hall–Kier alpha value is -2.01. The lowest BCUT2D eigenvalue weighted by molar-refractivity contribution is -0.130. The van der Waals surface area contributed by atoms with Gasteiger partial charge in [0.1, 0.15) is 6.61 Å². The van der Waals surface area contributed by atoms with Gasteiger partial charge in [0.05, 0.1) is 7.11 Å². The number of ether oxygens (including phenoxy) is 2. The van der Waals surface area contributed by atoms with E-state index in [1.807, 2.05) is 23.1 Å². The molecule has 1 aromatic rings. The van der Waals surface area contributed by atoms with Gasteiger partial charge in [-0.3, -0.25) is 4.79 Å². The monoisotopic (exact) mass is 332 g/mol. The second-order valence-corrected chi connectivity index (χ2v) is 5.95. The maximum Gasteiger partial charge on any atom is 0.222 e. The van der Waals surface area contributed by atoms with Crippen molar-refractivity contribution in [2.24, 2.45) is 0 Å². The van der Waals surface area contributed by atoms with Crippen LogP contribution in [0.2, 0.25) is 0 Å². The number of carbonyl (C=O) groups is 1. The first-order valence-electron chi connectivity index (χ1n) is 8.63. The molecule has 5 nitrogen and oxygen atoms in total. The third-order valence-electron chi connectivity index (χ3n) is 4.14. The quantitative estimate of drug-likeness (QED) is 0.558. The van der Waals surface area contributed by atoms with Gasteiger partial charge in [-0.15, -0.1) is 0 Å². The standard InChI is InChI=1S/C19H28N2O3/c1-3-13-24-17-9-8-16(14-18(17)23-2)15-20-10-12-21-11-6-4-5-7-19(21)22/h3,8-9,14,20H,1,4-7,10-13,15H2,2H3. The first-order chi connectivity index (χ1) is 11.7. The van der Waals surface area contributed by atoms with E-state index >= 15 is 0 Å². The number of amides is 1. The third kappa shape index (κ3) is 5.57. The van der Waals surface area contributed by atoms with E-state index in [-0.39, 0.29) is 0 Å². The van der Waals surface area contributed by atoms with E-state index in [0.29, 0.717) is 18.9 Å². The van der Waals surface area contributed by atoms with E-state index in [1.54, 1.807) is 13.2 Å². The lowest BCUT2D eigenvalue weighted by Crippen LogP contribution is -2.36. The molecule has 0 saturated carbocycles. The number of likely N-dealkylation sites (tertiary alicyclic amines) is 1. The number of benzene rings is 1. The van der Waals surface area contributed by atoms with Crippen LogP contribution in [0.15, 0.2) is 30.9 Å². The van der Waals surface area contributed by atoms with E-state index < -0.39 is 0 Å². The highest BCUT2D eigenvalue weighted by molar-refractivity contribution is 5.76. The minimum Gasteiger partial charge on any atom is -0.493 e. The van der Waals surface area contributed by atoms with Gasteiger partial charge >= 0.3 is 0 Å². The molecule has 1 aliphatic heterocycles. The van der Waals surface area contributed by atoms with Gasteiger partial charge < -0.3 is 19.7 Å². The molecular formula is C19H28N2O3. The Morgan fingerprint density at radius 1 is 1.29 bits per heavy atom. The molecule has 2 rings (SSSR count). The predicted octanol–water partition coefficient (Wildman–Crippen LogP) is 2.75. The summed E-state index contributed by atoms with van der Waals surface area (Å²) in [4.78, 5) is 13.9. The van der Waals surface area contributed by atoms with Gasteiger partial charge in [0.25, 0.3) is 0 Å². The summed E-state index contributed by atoms with van der Waals surface area (Å²) in [5.41, 5.74) is 1.12. The maximum absolute atomic E-state index is 11.9. The molecule has 0 bridgehead atoms. The summed E-state index contributed by atoms with van der Waals surface area (Å²) in [5, 5.41) is 3.40. The van der Waals surface area contributed by atoms with Crippen molar-refractivity contribution in [1.29, 1.82) is 0 Å². The highest BCUT2D eigenvalue weighted by atomic mass is 16.5. The van der Waals surface area contributed by atoms with Crippen LogP contribution in [0.3, 0.4) is 0 Å². The number of hydrogen-bond acceptors (Lipinski definition) is 4. The molecule has 1 heterocycles. The van der Waals surface area contributed by atoms with Crippen molar-refractivity contribution in [2.75, 3.05) is 33.4 Å². The molecule has 1 saturated heterocycles. The summed E-state index contributed by atoms with van der Waals surface area (Å²) < 4.78 is 10.9. The van der Waals surface area contributed by atoms with E-state index in [0.717, 1.165) is 62.5 Å². The molecule has 0 aliphatic carbocycles. The molecule has 1 fully saturated rings. The van der Waals surface area contributed by atoms with Crippen molar-refractivity contribution in [3.8, 4) is 11.5 Å². The molecule has 0 spiro atoms. The Bertz CT molecular complexity index is 545. The Labute approximate surface area is 144 Å². The average molecular weight is 332 g/mol. The Morgan fingerprint density at radius 2 is 2.17 bits per heavy atom. The Kier molecular flexibility index (Phi) is 7.62. The van der Waals surface area contributed by atoms with Gasteiger partial charge in [0.15, 0.2) is 11.5 Å². The van der Waals surface area contributed by atoms with Crippen molar-refractivity contribution in [2.45, 2.75) is 32.2 Å². The van der Waals surface area contributed by atoms with E-state index in [1.165, 1.54) is 0 Å². The summed E-state index contributed by atoms with van der Waals surface area (Å²) in [7, 11) is 1.64. The van der Waals surface area contributed by atoms with Crippen LogP contribution in [0.25, 0.3) is 0 Å². The number of nitrogens with zero attached hydrogens (tertiary/aromatic N) is 1. The summed E-state index contributed by atoms with van der Waals surface area (Å²) in [6, 6.07) is 5.91. The van der Waals surface area contributed by atoms with Gasteiger partial charge in [0, 0.05) is 32.6 Å². The minimum absolute atomic E-state index is 0.291. The Balaban J connectivity index is 1.79. The first-order valence-corrected chi connectivity index (χ1v) is 8.63. The highest BCUT2D eigenvalue weighted by Crippen LogP contribution is 2.28.